The van der Waals surface area contributed by atoms with Crippen LogP contribution in [0.15, 0.2) is 54.7 Å². The number of nitrogens with zero attached hydrogens (tertiary/aromatic N) is 2. The van der Waals surface area contributed by atoms with Crippen LogP contribution in [-0.2, 0) is 6.42 Å². The quantitative estimate of drug-likeness (QED) is 0.789. The van der Waals surface area contributed by atoms with E-state index in [9.17, 15) is 0 Å². The van der Waals surface area contributed by atoms with E-state index < -0.39 is 0 Å². The minimum absolute atomic E-state index is 0.238. The summed E-state index contributed by atoms with van der Waals surface area (Å²) in [4.78, 5) is 9.03. The van der Waals surface area contributed by atoms with Gasteiger partial charge in [-0.3, -0.25) is 4.98 Å². The Morgan fingerprint density at radius 3 is 2.40 bits per heavy atom. The molecule has 0 saturated heterocycles. The van der Waals surface area contributed by atoms with E-state index in [1.807, 2.05) is 24.3 Å². The van der Waals surface area contributed by atoms with Crippen molar-refractivity contribution < 1.29 is 0 Å². The summed E-state index contributed by atoms with van der Waals surface area (Å²) in [7, 11) is 0. The molecule has 20 heavy (non-hydrogen) atoms. The van der Waals surface area contributed by atoms with Crippen LogP contribution in [0, 0.1) is 0 Å². The van der Waals surface area contributed by atoms with Gasteiger partial charge in [-0.05, 0) is 29.7 Å². The SMILES string of the molecule is CCc1ccc(C(N)c2cnc3ccccc3n2)cc1. The molecule has 3 heteroatoms. The topological polar surface area (TPSA) is 51.8 Å². The lowest BCUT2D eigenvalue weighted by Gasteiger charge is -2.12. The molecule has 1 aromatic heterocycles. The molecule has 0 amide bonds. The van der Waals surface area contributed by atoms with E-state index in [0.717, 1.165) is 28.7 Å². The molecule has 100 valence electrons. The van der Waals surface area contributed by atoms with Crippen LogP contribution < -0.4 is 5.73 Å². The van der Waals surface area contributed by atoms with Crippen molar-refractivity contribution in [2.45, 2.75) is 19.4 Å². The lowest BCUT2D eigenvalue weighted by atomic mass is 10.0. The monoisotopic (exact) mass is 263 g/mol. The Morgan fingerprint density at radius 2 is 1.70 bits per heavy atom. The predicted molar refractivity (Wildman–Crippen MR) is 81.4 cm³/mol. The Bertz CT molecular complexity index is 720. The summed E-state index contributed by atoms with van der Waals surface area (Å²) < 4.78 is 0. The second-order valence-corrected chi connectivity index (χ2v) is 4.86. The molecule has 0 fully saturated rings. The van der Waals surface area contributed by atoms with Gasteiger partial charge in [0.15, 0.2) is 0 Å². The molecule has 1 heterocycles. The highest BCUT2D eigenvalue weighted by Gasteiger charge is 2.11. The lowest BCUT2D eigenvalue weighted by molar-refractivity contribution is 0.827. The molecule has 0 aliphatic carbocycles. The second-order valence-electron chi connectivity index (χ2n) is 4.86. The fourth-order valence-corrected chi connectivity index (χ4v) is 2.25. The Balaban J connectivity index is 1.96. The third-order valence-corrected chi connectivity index (χ3v) is 3.53. The lowest BCUT2D eigenvalue weighted by Crippen LogP contribution is -2.14. The summed E-state index contributed by atoms with van der Waals surface area (Å²) in [5.74, 6) is 0. The average Bonchev–Trinajstić information content (AvgIpc) is 2.54. The summed E-state index contributed by atoms with van der Waals surface area (Å²) in [6, 6.07) is 16.0. The van der Waals surface area contributed by atoms with Crippen LogP contribution >= 0.6 is 0 Å². The number of aryl methyl sites for hydroxylation is 1. The number of rotatable bonds is 3. The van der Waals surface area contributed by atoms with Crippen LogP contribution in [0.2, 0.25) is 0 Å². The van der Waals surface area contributed by atoms with Crippen molar-refractivity contribution in [2.24, 2.45) is 5.73 Å². The third kappa shape index (κ3) is 2.40. The normalized spacial score (nSPS) is 12.5. The van der Waals surface area contributed by atoms with Gasteiger partial charge >= 0.3 is 0 Å². The van der Waals surface area contributed by atoms with Crippen molar-refractivity contribution in [3.8, 4) is 0 Å². The van der Waals surface area contributed by atoms with Crippen LogP contribution in [0.5, 0.6) is 0 Å². The Morgan fingerprint density at radius 1 is 1.00 bits per heavy atom. The van der Waals surface area contributed by atoms with Crippen LogP contribution in [0.3, 0.4) is 0 Å². The predicted octanol–water partition coefficient (Wildman–Crippen LogP) is 3.24. The number of para-hydroxylation sites is 2. The third-order valence-electron chi connectivity index (χ3n) is 3.53. The maximum Gasteiger partial charge on any atom is 0.0890 e. The van der Waals surface area contributed by atoms with Gasteiger partial charge in [0.25, 0.3) is 0 Å². The van der Waals surface area contributed by atoms with Crippen molar-refractivity contribution in [3.05, 3.63) is 71.5 Å². The van der Waals surface area contributed by atoms with E-state index in [4.69, 9.17) is 5.73 Å². The van der Waals surface area contributed by atoms with Crippen molar-refractivity contribution in [3.63, 3.8) is 0 Å². The van der Waals surface area contributed by atoms with Gasteiger partial charge in [0.1, 0.15) is 0 Å². The molecule has 1 unspecified atom stereocenters. The molecule has 3 rings (SSSR count). The standard InChI is InChI=1S/C17H17N3/c1-2-12-7-9-13(10-8-12)17(18)16-11-19-14-5-3-4-6-15(14)20-16/h3-11,17H,2,18H2,1H3. The van der Waals surface area contributed by atoms with Crippen LogP contribution in [-0.4, -0.2) is 9.97 Å². The number of hydrogen-bond donors (Lipinski definition) is 1. The molecular weight excluding hydrogens is 246 g/mol. The summed E-state index contributed by atoms with van der Waals surface area (Å²) in [5, 5.41) is 0. The largest absolute Gasteiger partial charge is 0.319 e. The highest BCUT2D eigenvalue weighted by atomic mass is 14.8. The van der Waals surface area contributed by atoms with Gasteiger partial charge in [-0.25, -0.2) is 4.98 Å². The van der Waals surface area contributed by atoms with Crippen molar-refractivity contribution in [1.29, 1.82) is 0 Å². The van der Waals surface area contributed by atoms with E-state index in [1.54, 1.807) is 6.20 Å². The Kier molecular flexibility index (Phi) is 3.44. The molecule has 1 atom stereocenters. The summed E-state index contributed by atoms with van der Waals surface area (Å²) >= 11 is 0. The van der Waals surface area contributed by atoms with E-state index in [0.29, 0.717) is 0 Å². The average molecular weight is 263 g/mol. The van der Waals surface area contributed by atoms with E-state index >= 15 is 0 Å². The Hall–Kier alpha value is -2.26. The molecule has 2 N–H and O–H groups in total. The fraction of sp³-hybridized carbons (Fsp3) is 0.176. The maximum absolute atomic E-state index is 6.30. The number of aromatic nitrogens is 2. The first kappa shape index (κ1) is 12.8. The molecule has 2 aromatic carbocycles. The van der Waals surface area contributed by atoms with Gasteiger partial charge < -0.3 is 5.73 Å². The van der Waals surface area contributed by atoms with Crippen molar-refractivity contribution >= 4 is 11.0 Å². The van der Waals surface area contributed by atoms with E-state index in [1.165, 1.54) is 5.56 Å². The molecule has 0 spiro atoms. The van der Waals surface area contributed by atoms with E-state index in [2.05, 4.69) is 41.2 Å². The van der Waals surface area contributed by atoms with Gasteiger partial charge in [-0.1, -0.05) is 43.3 Å². The first-order chi connectivity index (χ1) is 9.78. The Labute approximate surface area is 118 Å². The summed E-state index contributed by atoms with van der Waals surface area (Å²) in [5.41, 5.74) is 11.2. The maximum atomic E-state index is 6.30. The number of fused-ring (bicyclic) bond motifs is 1. The van der Waals surface area contributed by atoms with Gasteiger partial charge in [0.2, 0.25) is 0 Å². The first-order valence-electron chi connectivity index (χ1n) is 6.84. The summed E-state index contributed by atoms with van der Waals surface area (Å²) in [6.45, 7) is 2.14. The van der Waals surface area contributed by atoms with Crippen LogP contribution in [0.1, 0.15) is 29.8 Å². The molecule has 0 aliphatic rings. The number of hydrogen-bond acceptors (Lipinski definition) is 3. The zero-order valence-corrected chi connectivity index (χ0v) is 11.5. The van der Waals surface area contributed by atoms with Gasteiger partial charge in [0.05, 0.1) is 29.0 Å². The number of benzene rings is 2. The van der Waals surface area contributed by atoms with Crippen molar-refractivity contribution in [2.75, 3.05) is 0 Å². The highest BCUT2D eigenvalue weighted by molar-refractivity contribution is 5.73. The zero-order chi connectivity index (χ0) is 13.9. The van der Waals surface area contributed by atoms with Gasteiger partial charge in [-0.2, -0.15) is 0 Å². The van der Waals surface area contributed by atoms with E-state index in [-0.39, 0.29) is 6.04 Å². The summed E-state index contributed by atoms with van der Waals surface area (Å²) in [6.07, 6.45) is 2.80. The highest BCUT2D eigenvalue weighted by Crippen LogP contribution is 2.20. The minimum Gasteiger partial charge on any atom is -0.319 e. The van der Waals surface area contributed by atoms with Crippen LogP contribution in [0.25, 0.3) is 11.0 Å². The number of nitrogens with two attached hydrogens (primary N) is 1. The molecular formula is C17H17N3. The molecule has 0 saturated carbocycles. The smallest absolute Gasteiger partial charge is 0.0890 e. The first-order valence-corrected chi connectivity index (χ1v) is 6.84. The minimum atomic E-state index is -0.238. The zero-order valence-electron chi connectivity index (χ0n) is 11.5. The van der Waals surface area contributed by atoms with Crippen molar-refractivity contribution in [1.82, 2.24) is 9.97 Å². The molecule has 0 aliphatic heterocycles. The van der Waals surface area contributed by atoms with Gasteiger partial charge in [-0.15, -0.1) is 0 Å². The molecule has 3 nitrogen and oxygen atoms in total. The second kappa shape index (κ2) is 5.39. The van der Waals surface area contributed by atoms with Gasteiger partial charge in [0, 0.05) is 0 Å². The fourth-order valence-electron chi connectivity index (χ4n) is 2.25. The molecule has 0 radical (unpaired) electrons. The molecule has 3 aromatic rings. The van der Waals surface area contributed by atoms with Crippen LogP contribution in [0.4, 0.5) is 0 Å². The molecule has 0 bridgehead atoms.